The maximum absolute atomic E-state index is 10.5. The summed E-state index contributed by atoms with van der Waals surface area (Å²) in [5, 5.41) is 7.66. The minimum atomic E-state index is -1.23. The number of aliphatic carboxylic acids is 1. The highest BCUT2D eigenvalue weighted by atomic mass is 32.2. The van der Waals surface area contributed by atoms with Crippen LogP contribution in [0.2, 0.25) is 0 Å². The van der Waals surface area contributed by atoms with Gasteiger partial charge in [-0.15, -0.1) is 0 Å². The van der Waals surface area contributed by atoms with Crippen molar-refractivity contribution in [2.24, 2.45) is 0 Å². The average molecular weight is 150 g/mol. The van der Waals surface area contributed by atoms with Gasteiger partial charge in [0.15, 0.2) is 0 Å². The Morgan fingerprint density at radius 2 is 2.33 bits per heavy atom. The zero-order valence-electron chi connectivity index (χ0n) is 5.46. The van der Waals surface area contributed by atoms with E-state index < -0.39 is 22.4 Å². The van der Waals surface area contributed by atoms with Crippen molar-refractivity contribution >= 4 is 17.1 Å². The summed E-state index contributed by atoms with van der Waals surface area (Å²) < 4.78 is 10.5. The lowest BCUT2D eigenvalue weighted by molar-refractivity contribution is -0.136. The second kappa shape index (κ2) is 3.74. The molecule has 0 aliphatic heterocycles. The highest BCUT2D eigenvalue weighted by Gasteiger charge is 2.23. The molecule has 0 saturated heterocycles. The molecule has 0 heterocycles. The molecule has 0 saturated carbocycles. The molecule has 0 aromatic heterocycles. The van der Waals surface area contributed by atoms with Crippen molar-refractivity contribution in [3.63, 3.8) is 0 Å². The molecule has 1 N–H and O–H groups in total. The van der Waals surface area contributed by atoms with Gasteiger partial charge < -0.3 is 9.66 Å². The lowest BCUT2D eigenvalue weighted by Gasteiger charge is -2.10. The summed E-state index contributed by atoms with van der Waals surface area (Å²) in [5.74, 6) is -0.974. The normalized spacial score (nSPS) is 16.8. The third kappa shape index (κ3) is 2.72. The first-order chi connectivity index (χ1) is 4.09. The van der Waals surface area contributed by atoms with Crippen molar-refractivity contribution in [2.45, 2.75) is 18.6 Å². The molecule has 0 aliphatic rings. The van der Waals surface area contributed by atoms with Gasteiger partial charge in [0.1, 0.15) is 0 Å². The molecule has 0 bridgehead atoms. The summed E-state index contributed by atoms with van der Waals surface area (Å²) in [6.07, 6.45) is 1.83. The van der Waals surface area contributed by atoms with Crippen molar-refractivity contribution in [1.82, 2.24) is 0 Å². The van der Waals surface area contributed by atoms with Gasteiger partial charge in [0.2, 0.25) is 5.25 Å². The van der Waals surface area contributed by atoms with E-state index in [-0.39, 0.29) is 0 Å². The van der Waals surface area contributed by atoms with Crippen molar-refractivity contribution < 1.29 is 14.5 Å². The van der Waals surface area contributed by atoms with Crippen LogP contribution in [0.25, 0.3) is 0 Å². The summed E-state index contributed by atoms with van der Waals surface area (Å²) in [5.41, 5.74) is 0. The third-order valence-corrected chi connectivity index (χ3v) is 2.38. The summed E-state index contributed by atoms with van der Waals surface area (Å²) in [4.78, 5) is 10.2. The van der Waals surface area contributed by atoms with E-state index in [9.17, 15) is 9.35 Å². The smallest absolute Gasteiger partial charge is 0.357 e. The molecule has 9 heavy (non-hydrogen) atoms. The standard InChI is InChI=1S/C5H10O3S/c1-3-4(5(6)7)9(2)8/h4H,3H2,1-2H3,(H,6,7)/t4-,9?/m0/s1. The van der Waals surface area contributed by atoms with Crippen molar-refractivity contribution in [3.05, 3.63) is 0 Å². The van der Waals surface area contributed by atoms with Crippen molar-refractivity contribution in [1.29, 1.82) is 0 Å². The summed E-state index contributed by atoms with van der Waals surface area (Å²) >= 11 is -1.23. The fourth-order valence-corrected chi connectivity index (χ4v) is 1.30. The topological polar surface area (TPSA) is 60.4 Å². The SMILES string of the molecule is CC[C@@H](C(=O)O)[S+](C)[O-]. The molecule has 3 nitrogen and oxygen atoms in total. The van der Waals surface area contributed by atoms with Crippen LogP contribution < -0.4 is 0 Å². The van der Waals surface area contributed by atoms with Gasteiger partial charge in [-0.1, -0.05) is 6.92 Å². The summed E-state index contributed by atoms with van der Waals surface area (Å²) in [6, 6.07) is 0. The Morgan fingerprint density at radius 1 is 1.89 bits per heavy atom. The molecule has 0 spiro atoms. The van der Waals surface area contributed by atoms with Gasteiger partial charge in [-0.3, -0.25) is 0 Å². The number of rotatable bonds is 3. The Labute approximate surface area is 57.2 Å². The van der Waals surface area contributed by atoms with Gasteiger partial charge in [-0.05, 0) is 11.2 Å². The van der Waals surface area contributed by atoms with Crippen molar-refractivity contribution in [3.8, 4) is 0 Å². The molecule has 1 unspecified atom stereocenters. The number of hydrogen-bond donors (Lipinski definition) is 1. The maximum atomic E-state index is 10.5. The van der Waals surface area contributed by atoms with Crippen LogP contribution in [0.4, 0.5) is 0 Å². The Hall–Kier alpha value is -0.220. The molecular formula is C5H10O3S. The zero-order chi connectivity index (χ0) is 7.44. The molecule has 0 fully saturated rings. The number of carboxylic acid groups (broad SMARTS) is 1. The molecule has 54 valence electrons. The highest BCUT2D eigenvalue weighted by Crippen LogP contribution is 2.02. The van der Waals surface area contributed by atoms with Gasteiger partial charge in [0, 0.05) is 6.42 Å². The largest absolute Gasteiger partial charge is 0.616 e. The molecule has 0 rings (SSSR count). The van der Waals surface area contributed by atoms with Crippen molar-refractivity contribution in [2.75, 3.05) is 6.26 Å². The molecular weight excluding hydrogens is 140 g/mol. The monoisotopic (exact) mass is 150 g/mol. The second-order valence-corrected chi connectivity index (χ2v) is 3.30. The minimum Gasteiger partial charge on any atom is -0.616 e. The highest BCUT2D eigenvalue weighted by molar-refractivity contribution is 7.92. The fourth-order valence-electron chi connectivity index (χ4n) is 0.551. The van der Waals surface area contributed by atoms with Gasteiger partial charge in [0.05, 0.1) is 6.26 Å². The van der Waals surface area contributed by atoms with E-state index in [1.54, 1.807) is 6.92 Å². The van der Waals surface area contributed by atoms with Crippen LogP contribution in [0, 0.1) is 0 Å². The Bertz CT molecular complexity index is 102. The van der Waals surface area contributed by atoms with Crippen LogP contribution in [0.15, 0.2) is 0 Å². The molecule has 2 atom stereocenters. The Morgan fingerprint density at radius 3 is 2.33 bits per heavy atom. The Balaban J connectivity index is 3.83. The Kier molecular flexibility index (Phi) is 3.65. The summed E-state index contributed by atoms with van der Waals surface area (Å²) in [7, 11) is 0. The first kappa shape index (κ1) is 8.78. The second-order valence-electron chi connectivity index (χ2n) is 1.73. The first-order valence-corrected chi connectivity index (χ1v) is 4.26. The van der Waals surface area contributed by atoms with E-state index in [0.29, 0.717) is 6.42 Å². The molecule has 0 radical (unpaired) electrons. The number of hydrogen-bond acceptors (Lipinski definition) is 2. The number of carbonyl (C=O) groups is 1. The molecule has 0 aromatic carbocycles. The predicted octanol–water partition coefficient (Wildman–Crippen LogP) is 0.228. The van der Waals surface area contributed by atoms with E-state index in [0.717, 1.165) is 0 Å². The van der Waals surface area contributed by atoms with Gasteiger partial charge in [-0.2, -0.15) is 0 Å². The van der Waals surface area contributed by atoms with E-state index >= 15 is 0 Å². The quantitative estimate of drug-likeness (QED) is 0.586. The first-order valence-electron chi connectivity index (χ1n) is 2.64. The molecule has 0 aromatic rings. The van der Waals surface area contributed by atoms with Gasteiger partial charge in [0.25, 0.3) is 0 Å². The van der Waals surface area contributed by atoms with Crippen LogP contribution in [0.3, 0.4) is 0 Å². The third-order valence-electron chi connectivity index (χ3n) is 1.05. The molecule has 4 heteroatoms. The fraction of sp³-hybridized carbons (Fsp3) is 0.800. The van der Waals surface area contributed by atoms with Crippen LogP contribution in [-0.2, 0) is 16.0 Å². The van der Waals surface area contributed by atoms with E-state index in [1.807, 2.05) is 0 Å². The van der Waals surface area contributed by atoms with Crippen LogP contribution >= 0.6 is 0 Å². The lowest BCUT2D eigenvalue weighted by atomic mass is 10.3. The minimum absolute atomic E-state index is 0.429. The molecule has 0 aliphatic carbocycles. The van der Waals surface area contributed by atoms with Crippen LogP contribution in [0.5, 0.6) is 0 Å². The van der Waals surface area contributed by atoms with Gasteiger partial charge in [-0.25, -0.2) is 4.79 Å². The number of carboxylic acids is 1. The van der Waals surface area contributed by atoms with E-state index in [2.05, 4.69) is 0 Å². The zero-order valence-corrected chi connectivity index (χ0v) is 6.27. The predicted molar refractivity (Wildman–Crippen MR) is 35.8 cm³/mol. The van der Waals surface area contributed by atoms with Crippen LogP contribution in [-0.4, -0.2) is 27.1 Å². The van der Waals surface area contributed by atoms with E-state index in [4.69, 9.17) is 5.11 Å². The molecule has 0 amide bonds. The average Bonchev–Trinajstić information content (AvgIpc) is 1.64. The maximum Gasteiger partial charge on any atom is 0.357 e. The summed E-state index contributed by atoms with van der Waals surface area (Å²) in [6.45, 7) is 1.71. The van der Waals surface area contributed by atoms with E-state index in [1.165, 1.54) is 6.26 Å². The van der Waals surface area contributed by atoms with Crippen LogP contribution in [0.1, 0.15) is 13.3 Å². The van der Waals surface area contributed by atoms with Gasteiger partial charge >= 0.3 is 5.97 Å². The lowest BCUT2D eigenvalue weighted by Crippen LogP contribution is -2.28.